The normalized spacial score (nSPS) is 12.1. The fourth-order valence-corrected chi connectivity index (χ4v) is 2.91. The Balaban J connectivity index is 1.55. The predicted octanol–water partition coefficient (Wildman–Crippen LogP) is 3.36. The zero-order valence-corrected chi connectivity index (χ0v) is 14.6. The second-order valence-electron chi connectivity index (χ2n) is 5.92. The number of rotatable bonds is 5. The molecule has 0 unspecified atom stereocenters. The number of hydrogen-bond acceptors (Lipinski definition) is 2. The number of carbonyl (C=O) groups excluding carboxylic acids is 1. The maximum Gasteiger partial charge on any atom is 0.315 e. The van der Waals surface area contributed by atoms with Crippen LogP contribution >= 0.6 is 11.6 Å². The van der Waals surface area contributed by atoms with Crippen molar-refractivity contribution in [3.8, 4) is 0 Å². The minimum atomic E-state index is -0.771. The van der Waals surface area contributed by atoms with Gasteiger partial charge >= 0.3 is 6.03 Å². The van der Waals surface area contributed by atoms with Crippen molar-refractivity contribution in [3.05, 3.63) is 70.9 Å². The predicted molar refractivity (Wildman–Crippen MR) is 99.6 cm³/mol. The smallest absolute Gasteiger partial charge is 0.315 e. The van der Waals surface area contributed by atoms with E-state index in [2.05, 4.69) is 10.6 Å². The van der Waals surface area contributed by atoms with Crippen LogP contribution in [0.1, 0.15) is 17.2 Å². The van der Waals surface area contributed by atoms with Crippen molar-refractivity contribution in [3.63, 3.8) is 0 Å². The molecule has 0 aliphatic carbocycles. The number of nitrogens with zero attached hydrogens (tertiary/aromatic N) is 1. The van der Waals surface area contributed by atoms with E-state index in [1.807, 2.05) is 54.2 Å². The number of nitrogens with one attached hydrogen (secondary N) is 2. The topological polar surface area (TPSA) is 66.3 Å². The summed E-state index contributed by atoms with van der Waals surface area (Å²) in [7, 11) is 1.94. The highest BCUT2D eigenvalue weighted by Crippen LogP contribution is 2.25. The van der Waals surface area contributed by atoms with E-state index in [1.54, 1.807) is 12.1 Å². The van der Waals surface area contributed by atoms with Gasteiger partial charge in [0.05, 0.1) is 6.10 Å². The maximum absolute atomic E-state index is 11.9. The number of aliphatic hydroxyl groups is 1. The number of amides is 2. The van der Waals surface area contributed by atoms with Gasteiger partial charge in [0.1, 0.15) is 0 Å². The number of hydrogen-bond donors (Lipinski definition) is 3. The molecule has 0 fully saturated rings. The molecular formula is C19H20ClN3O2. The number of aryl methyl sites for hydroxylation is 1. The minimum absolute atomic E-state index is 0.139. The molecule has 3 aromatic rings. The van der Waals surface area contributed by atoms with Crippen molar-refractivity contribution >= 4 is 28.5 Å². The Morgan fingerprint density at radius 1 is 1.16 bits per heavy atom. The molecular weight excluding hydrogens is 338 g/mol. The van der Waals surface area contributed by atoms with Crippen LogP contribution in [0.15, 0.2) is 54.7 Å². The summed E-state index contributed by atoms with van der Waals surface area (Å²) >= 11 is 5.83. The Kier molecular flexibility index (Phi) is 5.26. The van der Waals surface area contributed by atoms with Crippen LogP contribution in [-0.2, 0) is 13.6 Å². The standard InChI is InChI=1S/C19H20ClN3O2/c1-23-12-16(15-4-2-3-5-17(15)23)18(24)11-22-19(25)21-10-13-6-8-14(20)9-7-13/h2-9,12,18,24H,10-11H2,1H3,(H2,21,22,25)/t18-/m1/s1. The second-order valence-corrected chi connectivity index (χ2v) is 6.35. The lowest BCUT2D eigenvalue weighted by atomic mass is 10.1. The first-order valence-electron chi connectivity index (χ1n) is 8.03. The Hall–Kier alpha value is -2.50. The molecule has 0 aliphatic heterocycles. The summed E-state index contributed by atoms with van der Waals surface area (Å²) in [6.07, 6.45) is 1.12. The molecule has 0 aliphatic rings. The van der Waals surface area contributed by atoms with Gasteiger partial charge in [-0.25, -0.2) is 4.79 Å². The molecule has 130 valence electrons. The van der Waals surface area contributed by atoms with Crippen molar-refractivity contribution in [1.29, 1.82) is 0 Å². The number of benzene rings is 2. The van der Waals surface area contributed by atoms with Crippen LogP contribution in [-0.4, -0.2) is 22.2 Å². The van der Waals surface area contributed by atoms with E-state index < -0.39 is 6.10 Å². The van der Waals surface area contributed by atoms with Crippen LogP contribution in [0, 0.1) is 0 Å². The SMILES string of the molecule is Cn1cc([C@H](O)CNC(=O)NCc2ccc(Cl)cc2)c2ccccc21. The van der Waals surface area contributed by atoms with Crippen molar-refractivity contribution in [2.75, 3.05) is 6.54 Å². The van der Waals surface area contributed by atoms with E-state index in [9.17, 15) is 9.90 Å². The summed E-state index contributed by atoms with van der Waals surface area (Å²) in [4.78, 5) is 11.9. The summed E-state index contributed by atoms with van der Waals surface area (Å²) in [5, 5.41) is 17.5. The lowest BCUT2D eigenvalue weighted by molar-refractivity contribution is 0.174. The van der Waals surface area contributed by atoms with Crippen molar-refractivity contribution in [2.45, 2.75) is 12.6 Å². The van der Waals surface area contributed by atoms with E-state index in [-0.39, 0.29) is 12.6 Å². The van der Waals surface area contributed by atoms with Gasteiger partial charge in [-0.2, -0.15) is 0 Å². The van der Waals surface area contributed by atoms with Gasteiger partial charge < -0.3 is 20.3 Å². The molecule has 2 amide bonds. The largest absolute Gasteiger partial charge is 0.386 e. The Morgan fingerprint density at radius 3 is 2.64 bits per heavy atom. The van der Waals surface area contributed by atoms with Crippen molar-refractivity contribution in [2.24, 2.45) is 7.05 Å². The lowest BCUT2D eigenvalue weighted by Crippen LogP contribution is -2.37. The molecule has 3 rings (SSSR count). The monoisotopic (exact) mass is 357 g/mol. The van der Waals surface area contributed by atoms with Crippen molar-refractivity contribution in [1.82, 2.24) is 15.2 Å². The van der Waals surface area contributed by atoms with E-state index >= 15 is 0 Å². The van der Waals surface area contributed by atoms with Gasteiger partial charge in [0.15, 0.2) is 0 Å². The zero-order valence-electron chi connectivity index (χ0n) is 13.9. The molecule has 0 saturated heterocycles. The molecule has 25 heavy (non-hydrogen) atoms. The third-order valence-corrected chi connectivity index (χ3v) is 4.36. The molecule has 1 heterocycles. The van der Waals surface area contributed by atoms with Crippen LogP contribution in [0.5, 0.6) is 0 Å². The van der Waals surface area contributed by atoms with E-state index in [4.69, 9.17) is 11.6 Å². The van der Waals surface area contributed by atoms with Crippen LogP contribution in [0.2, 0.25) is 5.02 Å². The number of halogens is 1. The maximum atomic E-state index is 11.9. The summed E-state index contributed by atoms with van der Waals surface area (Å²) in [5.74, 6) is 0. The molecule has 1 atom stereocenters. The first-order chi connectivity index (χ1) is 12.0. The number of carbonyl (C=O) groups is 1. The number of aromatic nitrogens is 1. The van der Waals surface area contributed by atoms with Gasteiger partial charge in [-0.15, -0.1) is 0 Å². The van der Waals surface area contributed by atoms with Crippen LogP contribution in [0.4, 0.5) is 4.79 Å². The first-order valence-corrected chi connectivity index (χ1v) is 8.40. The average molecular weight is 358 g/mol. The molecule has 6 heteroatoms. The van der Waals surface area contributed by atoms with Crippen LogP contribution in [0.3, 0.4) is 0 Å². The average Bonchev–Trinajstić information content (AvgIpc) is 2.96. The molecule has 1 aromatic heterocycles. The van der Waals surface area contributed by atoms with E-state index in [0.717, 1.165) is 22.0 Å². The Morgan fingerprint density at radius 2 is 1.88 bits per heavy atom. The number of aliphatic hydroxyl groups excluding tert-OH is 1. The zero-order chi connectivity index (χ0) is 17.8. The molecule has 3 N–H and O–H groups in total. The van der Waals surface area contributed by atoms with Gasteiger partial charge in [0.2, 0.25) is 0 Å². The fraction of sp³-hybridized carbons (Fsp3) is 0.211. The van der Waals surface area contributed by atoms with Crippen LogP contribution < -0.4 is 10.6 Å². The highest BCUT2D eigenvalue weighted by molar-refractivity contribution is 6.30. The van der Waals surface area contributed by atoms with Gasteiger partial charge in [-0.3, -0.25) is 0 Å². The highest BCUT2D eigenvalue weighted by Gasteiger charge is 2.15. The number of urea groups is 1. The van der Waals surface area contributed by atoms with Gasteiger partial charge in [-0.05, 0) is 23.8 Å². The summed E-state index contributed by atoms with van der Waals surface area (Å²) in [6, 6.07) is 14.8. The van der Waals surface area contributed by atoms with Gasteiger partial charge in [-0.1, -0.05) is 41.9 Å². The number of para-hydroxylation sites is 1. The highest BCUT2D eigenvalue weighted by atomic mass is 35.5. The molecule has 0 bridgehead atoms. The number of fused-ring (bicyclic) bond motifs is 1. The molecule has 2 aromatic carbocycles. The summed E-state index contributed by atoms with van der Waals surface area (Å²) in [5.41, 5.74) is 2.80. The fourth-order valence-electron chi connectivity index (χ4n) is 2.78. The summed E-state index contributed by atoms with van der Waals surface area (Å²) in [6.45, 7) is 0.536. The third kappa shape index (κ3) is 4.13. The molecule has 0 saturated carbocycles. The molecule has 0 radical (unpaired) electrons. The van der Waals surface area contributed by atoms with Crippen LogP contribution in [0.25, 0.3) is 10.9 Å². The third-order valence-electron chi connectivity index (χ3n) is 4.11. The minimum Gasteiger partial charge on any atom is -0.386 e. The second kappa shape index (κ2) is 7.59. The summed E-state index contributed by atoms with van der Waals surface area (Å²) < 4.78 is 1.97. The molecule has 0 spiro atoms. The van der Waals surface area contributed by atoms with E-state index in [1.165, 1.54) is 0 Å². The van der Waals surface area contributed by atoms with Crippen molar-refractivity contribution < 1.29 is 9.90 Å². The first kappa shape index (κ1) is 17.3. The van der Waals surface area contributed by atoms with E-state index in [0.29, 0.717) is 11.6 Å². The Bertz CT molecular complexity index is 874. The Labute approximate surface area is 151 Å². The quantitative estimate of drug-likeness (QED) is 0.655. The molecule has 5 nitrogen and oxygen atoms in total. The lowest BCUT2D eigenvalue weighted by Gasteiger charge is -2.12. The van der Waals surface area contributed by atoms with Gasteiger partial charge in [0.25, 0.3) is 0 Å². The van der Waals surface area contributed by atoms with Gasteiger partial charge in [0, 0.05) is 47.8 Å².